The highest BCUT2D eigenvalue weighted by Crippen LogP contribution is 2.34. The average Bonchev–Trinajstić information content (AvgIpc) is 3.20. The van der Waals surface area contributed by atoms with E-state index in [0.717, 1.165) is 12.8 Å². The number of rotatable bonds is 4. The molecule has 1 aliphatic rings. The molecule has 0 bridgehead atoms. The summed E-state index contributed by atoms with van der Waals surface area (Å²) >= 11 is 0. The van der Waals surface area contributed by atoms with Gasteiger partial charge in [0.25, 0.3) is 5.91 Å². The highest BCUT2D eigenvalue weighted by molar-refractivity contribution is 6.09. The van der Waals surface area contributed by atoms with E-state index in [1.54, 1.807) is 30.0 Å². The van der Waals surface area contributed by atoms with E-state index >= 15 is 0 Å². The van der Waals surface area contributed by atoms with Gasteiger partial charge in [-0.15, -0.1) is 0 Å². The van der Waals surface area contributed by atoms with Crippen LogP contribution in [0.2, 0.25) is 0 Å². The van der Waals surface area contributed by atoms with Gasteiger partial charge in [-0.2, -0.15) is 13.2 Å². The molecule has 3 rings (SSSR count). The molecular weight excluding hydrogens is 381 g/mol. The number of nitrogens with zero attached hydrogens (tertiary/aromatic N) is 1. The van der Waals surface area contributed by atoms with Crippen LogP contribution in [0.15, 0.2) is 54.6 Å². The molecule has 29 heavy (non-hydrogen) atoms. The molecule has 1 fully saturated rings. The molecule has 0 unspecified atom stereocenters. The molecule has 0 aromatic heterocycles. The number of alkyl halides is 3. The van der Waals surface area contributed by atoms with E-state index in [0.29, 0.717) is 30.3 Å². The Morgan fingerprint density at radius 2 is 1.66 bits per heavy atom. The predicted octanol–water partition coefficient (Wildman–Crippen LogP) is 4.82. The number of nitrogens with one attached hydrogen (secondary N) is 1. The largest absolute Gasteiger partial charge is 0.417 e. The van der Waals surface area contributed by atoms with Crippen LogP contribution in [0.25, 0.3) is 5.57 Å². The Morgan fingerprint density at radius 1 is 1.00 bits per heavy atom. The van der Waals surface area contributed by atoms with E-state index in [4.69, 9.17) is 0 Å². The smallest absolute Gasteiger partial charge is 0.339 e. The quantitative estimate of drug-likeness (QED) is 0.746. The molecule has 1 heterocycles. The third-order valence-corrected chi connectivity index (χ3v) is 4.80. The van der Waals surface area contributed by atoms with Crippen molar-refractivity contribution in [2.75, 3.05) is 18.4 Å². The van der Waals surface area contributed by atoms with Crippen LogP contribution >= 0.6 is 0 Å². The van der Waals surface area contributed by atoms with Gasteiger partial charge in [0.15, 0.2) is 0 Å². The number of likely N-dealkylation sites (tertiary alicyclic amines) is 1. The maximum absolute atomic E-state index is 13.5. The summed E-state index contributed by atoms with van der Waals surface area (Å²) in [7, 11) is 0. The second kappa shape index (κ2) is 8.51. The highest BCUT2D eigenvalue weighted by atomic mass is 19.4. The summed E-state index contributed by atoms with van der Waals surface area (Å²) in [5, 5.41) is 2.47. The maximum atomic E-state index is 13.5. The summed E-state index contributed by atoms with van der Waals surface area (Å²) in [6, 6.07) is 12.0. The van der Waals surface area contributed by atoms with Gasteiger partial charge < -0.3 is 10.2 Å². The number of benzene rings is 2. The number of amides is 2. The summed E-state index contributed by atoms with van der Waals surface area (Å²) in [6.45, 7) is 3.00. The van der Waals surface area contributed by atoms with Gasteiger partial charge in [0, 0.05) is 19.2 Å². The normalized spacial score (nSPS) is 14.8. The first kappa shape index (κ1) is 20.6. The summed E-state index contributed by atoms with van der Waals surface area (Å²) in [5.74, 6) is -1.17. The van der Waals surface area contributed by atoms with Gasteiger partial charge in [-0.3, -0.25) is 9.59 Å². The number of hydrogen-bond donors (Lipinski definition) is 1. The number of hydrogen-bond acceptors (Lipinski definition) is 2. The number of carbonyl (C=O) groups excluding carboxylic acids is 2. The van der Waals surface area contributed by atoms with Crippen molar-refractivity contribution in [3.05, 3.63) is 71.3 Å². The van der Waals surface area contributed by atoms with E-state index in [-0.39, 0.29) is 17.2 Å². The SMILES string of the molecule is Cc1cccc(NC(=O)/C=C(/c2ccccc2)C(F)(F)F)c1C(=O)N1CCCC1. The second-order valence-corrected chi connectivity index (χ2v) is 6.91. The molecule has 0 spiro atoms. The highest BCUT2D eigenvalue weighted by Gasteiger charge is 2.35. The monoisotopic (exact) mass is 402 g/mol. The lowest BCUT2D eigenvalue weighted by Gasteiger charge is -2.19. The second-order valence-electron chi connectivity index (χ2n) is 6.91. The zero-order valence-corrected chi connectivity index (χ0v) is 15.9. The summed E-state index contributed by atoms with van der Waals surface area (Å²) in [6.07, 6.45) is -2.34. The van der Waals surface area contributed by atoms with Crippen molar-refractivity contribution in [1.29, 1.82) is 0 Å². The first-order chi connectivity index (χ1) is 13.8. The van der Waals surface area contributed by atoms with Crippen molar-refractivity contribution >= 4 is 23.1 Å². The molecule has 0 atom stereocenters. The van der Waals surface area contributed by atoms with Crippen LogP contribution in [0.1, 0.15) is 34.3 Å². The summed E-state index contributed by atoms with van der Waals surface area (Å²) < 4.78 is 40.4. The number of halogens is 3. The van der Waals surface area contributed by atoms with Crippen LogP contribution in [0, 0.1) is 6.92 Å². The molecule has 4 nitrogen and oxygen atoms in total. The Balaban J connectivity index is 1.91. The molecule has 7 heteroatoms. The van der Waals surface area contributed by atoms with Gasteiger partial charge in [0.1, 0.15) is 0 Å². The topological polar surface area (TPSA) is 49.4 Å². The summed E-state index contributed by atoms with van der Waals surface area (Å²) in [5.41, 5.74) is 0.0216. The van der Waals surface area contributed by atoms with Crippen LogP contribution < -0.4 is 5.32 Å². The number of carbonyl (C=O) groups is 2. The lowest BCUT2D eigenvalue weighted by molar-refractivity contribution is -0.112. The molecule has 1 N–H and O–H groups in total. The zero-order valence-electron chi connectivity index (χ0n) is 15.9. The molecule has 1 saturated heterocycles. The Morgan fingerprint density at radius 3 is 2.28 bits per heavy atom. The number of aryl methyl sites for hydroxylation is 1. The van der Waals surface area contributed by atoms with E-state index < -0.39 is 17.7 Å². The fourth-order valence-corrected chi connectivity index (χ4v) is 3.38. The van der Waals surface area contributed by atoms with Gasteiger partial charge in [-0.1, -0.05) is 42.5 Å². The lowest BCUT2D eigenvalue weighted by atomic mass is 10.0. The van der Waals surface area contributed by atoms with E-state index in [1.165, 1.54) is 30.3 Å². The van der Waals surface area contributed by atoms with Gasteiger partial charge in [0.2, 0.25) is 5.91 Å². The van der Waals surface area contributed by atoms with Crippen LogP contribution in [-0.2, 0) is 4.79 Å². The van der Waals surface area contributed by atoms with E-state index in [9.17, 15) is 22.8 Å². The van der Waals surface area contributed by atoms with Gasteiger partial charge in [-0.25, -0.2) is 0 Å². The Kier molecular flexibility index (Phi) is 6.06. The Hall–Kier alpha value is -3.09. The molecule has 2 aromatic rings. The molecule has 1 aliphatic heterocycles. The van der Waals surface area contributed by atoms with Crippen molar-refractivity contribution in [2.24, 2.45) is 0 Å². The predicted molar refractivity (Wildman–Crippen MR) is 105 cm³/mol. The fourth-order valence-electron chi connectivity index (χ4n) is 3.38. The van der Waals surface area contributed by atoms with E-state index in [2.05, 4.69) is 5.32 Å². The Labute approximate surface area is 167 Å². The minimum absolute atomic E-state index is 0.104. The van der Waals surface area contributed by atoms with Gasteiger partial charge in [-0.05, 0) is 37.0 Å². The van der Waals surface area contributed by atoms with Crippen LogP contribution in [-0.4, -0.2) is 36.0 Å². The third kappa shape index (κ3) is 4.85. The number of anilines is 1. The molecule has 2 amide bonds. The van der Waals surface area contributed by atoms with E-state index in [1.807, 2.05) is 0 Å². The van der Waals surface area contributed by atoms with Crippen LogP contribution in [0.3, 0.4) is 0 Å². The van der Waals surface area contributed by atoms with Crippen molar-refractivity contribution < 1.29 is 22.8 Å². The van der Waals surface area contributed by atoms with Crippen molar-refractivity contribution in [1.82, 2.24) is 4.90 Å². The van der Waals surface area contributed by atoms with Gasteiger partial charge >= 0.3 is 6.18 Å². The van der Waals surface area contributed by atoms with Crippen molar-refractivity contribution in [3.63, 3.8) is 0 Å². The molecule has 0 saturated carbocycles. The lowest BCUT2D eigenvalue weighted by Crippen LogP contribution is -2.29. The third-order valence-electron chi connectivity index (χ3n) is 4.80. The minimum atomic E-state index is -4.69. The van der Waals surface area contributed by atoms with Gasteiger partial charge in [0.05, 0.1) is 16.8 Å². The van der Waals surface area contributed by atoms with Crippen molar-refractivity contribution in [3.8, 4) is 0 Å². The maximum Gasteiger partial charge on any atom is 0.417 e. The standard InChI is InChI=1S/C22H21F3N2O2/c1-15-8-7-11-18(20(15)21(29)27-12-5-6-13-27)26-19(28)14-17(22(23,24)25)16-9-3-2-4-10-16/h2-4,7-11,14H,5-6,12-13H2,1H3,(H,26,28)/b17-14-. The fraction of sp³-hybridized carbons (Fsp3) is 0.273. The molecular formula is C22H21F3N2O2. The van der Waals surface area contributed by atoms with Crippen LogP contribution in [0.5, 0.6) is 0 Å². The Bertz CT molecular complexity index is 931. The number of allylic oxidation sites excluding steroid dienone is 1. The first-order valence-electron chi connectivity index (χ1n) is 9.31. The van der Waals surface area contributed by atoms with Crippen LogP contribution in [0.4, 0.5) is 18.9 Å². The molecule has 152 valence electrons. The molecule has 0 radical (unpaired) electrons. The molecule has 0 aliphatic carbocycles. The average molecular weight is 402 g/mol. The summed E-state index contributed by atoms with van der Waals surface area (Å²) in [4.78, 5) is 27.0. The van der Waals surface area contributed by atoms with Crippen molar-refractivity contribution in [2.45, 2.75) is 25.9 Å². The minimum Gasteiger partial charge on any atom is -0.339 e. The molecule has 2 aromatic carbocycles. The first-order valence-corrected chi connectivity index (χ1v) is 9.31. The zero-order chi connectivity index (χ0) is 21.0.